The molecule has 0 amide bonds. The molecule has 0 saturated carbocycles. The Morgan fingerprint density at radius 3 is 2.18 bits per heavy atom. The van der Waals surface area contributed by atoms with Crippen LogP contribution in [0.15, 0.2) is 23.3 Å². The van der Waals surface area contributed by atoms with E-state index in [9.17, 15) is 0 Å². The van der Waals surface area contributed by atoms with Crippen molar-refractivity contribution in [2.24, 2.45) is 5.92 Å². The molecule has 0 heteroatoms. The highest BCUT2D eigenvalue weighted by atomic mass is 14.1. The standard InChI is InChI=1S/C9H14.C2H6/c1-7-4-8(2)6-9(3)5-7;1-2/h4-5,8H,6H2,1-3H3;1-2H3. The van der Waals surface area contributed by atoms with Crippen molar-refractivity contribution in [2.75, 3.05) is 0 Å². The Kier molecular flexibility index (Phi) is 4.93. The summed E-state index contributed by atoms with van der Waals surface area (Å²) in [5.41, 5.74) is 2.94. The maximum Gasteiger partial charge on any atom is -0.0219 e. The van der Waals surface area contributed by atoms with E-state index in [1.807, 2.05) is 13.8 Å². The van der Waals surface area contributed by atoms with Gasteiger partial charge in [0.15, 0.2) is 0 Å². The molecule has 0 heterocycles. The van der Waals surface area contributed by atoms with Crippen molar-refractivity contribution in [1.82, 2.24) is 0 Å². The lowest BCUT2D eigenvalue weighted by molar-refractivity contribution is 0.700. The van der Waals surface area contributed by atoms with E-state index in [1.165, 1.54) is 17.6 Å². The summed E-state index contributed by atoms with van der Waals surface area (Å²) in [4.78, 5) is 0. The summed E-state index contributed by atoms with van der Waals surface area (Å²) in [6, 6.07) is 0. The van der Waals surface area contributed by atoms with E-state index in [0.29, 0.717) is 0 Å². The van der Waals surface area contributed by atoms with Crippen LogP contribution in [0.1, 0.15) is 41.0 Å². The zero-order valence-electron chi connectivity index (χ0n) is 8.44. The van der Waals surface area contributed by atoms with Gasteiger partial charge in [0.25, 0.3) is 0 Å². The molecule has 0 spiro atoms. The van der Waals surface area contributed by atoms with E-state index in [0.717, 1.165) is 5.92 Å². The average Bonchev–Trinajstić information content (AvgIpc) is 1.88. The second-order valence-electron chi connectivity index (χ2n) is 3.08. The molecule has 0 fully saturated rings. The summed E-state index contributed by atoms with van der Waals surface area (Å²) in [7, 11) is 0. The number of rotatable bonds is 0. The third kappa shape index (κ3) is 4.02. The summed E-state index contributed by atoms with van der Waals surface area (Å²) in [6.45, 7) is 10.6. The molecule has 0 bridgehead atoms. The zero-order valence-corrected chi connectivity index (χ0v) is 8.44. The van der Waals surface area contributed by atoms with Gasteiger partial charge in [-0.1, -0.05) is 44.1 Å². The predicted molar refractivity (Wildman–Crippen MR) is 52.6 cm³/mol. The van der Waals surface area contributed by atoms with Crippen LogP contribution in [0.2, 0.25) is 0 Å². The fourth-order valence-corrected chi connectivity index (χ4v) is 1.51. The first-order valence-electron chi connectivity index (χ1n) is 4.54. The van der Waals surface area contributed by atoms with E-state index in [4.69, 9.17) is 0 Å². The molecule has 1 rings (SSSR count). The summed E-state index contributed by atoms with van der Waals surface area (Å²) in [5, 5.41) is 0. The van der Waals surface area contributed by atoms with Gasteiger partial charge in [0, 0.05) is 0 Å². The Labute approximate surface area is 71.0 Å². The molecule has 1 atom stereocenters. The van der Waals surface area contributed by atoms with Gasteiger partial charge in [-0.05, 0) is 26.2 Å². The smallest absolute Gasteiger partial charge is 0.0219 e. The van der Waals surface area contributed by atoms with Crippen molar-refractivity contribution in [3.63, 3.8) is 0 Å². The summed E-state index contributed by atoms with van der Waals surface area (Å²) >= 11 is 0. The van der Waals surface area contributed by atoms with Crippen LogP contribution >= 0.6 is 0 Å². The van der Waals surface area contributed by atoms with Crippen molar-refractivity contribution in [1.29, 1.82) is 0 Å². The predicted octanol–water partition coefficient (Wildman–Crippen LogP) is 3.95. The number of allylic oxidation sites excluding steroid dienone is 4. The van der Waals surface area contributed by atoms with Gasteiger partial charge in [-0.25, -0.2) is 0 Å². The third-order valence-electron chi connectivity index (χ3n) is 1.67. The first kappa shape index (κ1) is 10.5. The van der Waals surface area contributed by atoms with Crippen LogP contribution in [0.3, 0.4) is 0 Å². The van der Waals surface area contributed by atoms with Gasteiger partial charge in [0.2, 0.25) is 0 Å². The van der Waals surface area contributed by atoms with Gasteiger partial charge in [0.1, 0.15) is 0 Å². The minimum absolute atomic E-state index is 0.759. The zero-order chi connectivity index (χ0) is 8.85. The van der Waals surface area contributed by atoms with E-state index < -0.39 is 0 Å². The fourth-order valence-electron chi connectivity index (χ4n) is 1.51. The largest absolute Gasteiger partial charge is 0.0784 e. The maximum absolute atomic E-state index is 2.33. The Bertz CT molecular complexity index is 161. The molecular weight excluding hydrogens is 132 g/mol. The van der Waals surface area contributed by atoms with Gasteiger partial charge in [-0.15, -0.1) is 0 Å². The second-order valence-corrected chi connectivity index (χ2v) is 3.08. The van der Waals surface area contributed by atoms with E-state index in [-0.39, 0.29) is 0 Å². The van der Waals surface area contributed by atoms with E-state index in [1.54, 1.807) is 0 Å². The highest BCUT2D eigenvalue weighted by Crippen LogP contribution is 2.20. The van der Waals surface area contributed by atoms with Gasteiger partial charge in [-0.3, -0.25) is 0 Å². The molecule has 64 valence electrons. The third-order valence-corrected chi connectivity index (χ3v) is 1.67. The lowest BCUT2D eigenvalue weighted by Crippen LogP contribution is -1.96. The SMILES string of the molecule is CC.CC1=CC(C)CC(C)=C1. The van der Waals surface area contributed by atoms with Gasteiger partial charge in [0.05, 0.1) is 0 Å². The van der Waals surface area contributed by atoms with Crippen molar-refractivity contribution in [2.45, 2.75) is 41.0 Å². The molecule has 0 aliphatic heterocycles. The molecule has 0 nitrogen and oxygen atoms in total. The number of hydrogen-bond acceptors (Lipinski definition) is 0. The summed E-state index contributed by atoms with van der Waals surface area (Å²) in [6.07, 6.45) is 5.84. The van der Waals surface area contributed by atoms with Crippen molar-refractivity contribution < 1.29 is 0 Å². The lowest BCUT2D eigenvalue weighted by atomic mass is 9.93. The minimum Gasteiger partial charge on any atom is -0.0784 e. The second kappa shape index (κ2) is 5.17. The highest BCUT2D eigenvalue weighted by molar-refractivity contribution is 5.25. The Morgan fingerprint density at radius 1 is 1.27 bits per heavy atom. The fraction of sp³-hybridized carbons (Fsp3) is 0.636. The van der Waals surface area contributed by atoms with E-state index in [2.05, 4.69) is 32.9 Å². The van der Waals surface area contributed by atoms with Gasteiger partial charge < -0.3 is 0 Å². The Hall–Kier alpha value is -0.520. The summed E-state index contributed by atoms with van der Waals surface area (Å²) in [5.74, 6) is 0.759. The first-order valence-corrected chi connectivity index (χ1v) is 4.54. The molecule has 0 saturated heterocycles. The van der Waals surface area contributed by atoms with Crippen molar-refractivity contribution in [3.05, 3.63) is 23.3 Å². The van der Waals surface area contributed by atoms with Crippen LogP contribution in [0, 0.1) is 5.92 Å². The lowest BCUT2D eigenvalue weighted by Gasteiger charge is -2.13. The Morgan fingerprint density at radius 2 is 1.82 bits per heavy atom. The summed E-state index contributed by atoms with van der Waals surface area (Å²) < 4.78 is 0. The van der Waals surface area contributed by atoms with Crippen LogP contribution in [0.4, 0.5) is 0 Å². The van der Waals surface area contributed by atoms with Crippen LogP contribution in [-0.4, -0.2) is 0 Å². The molecule has 0 aromatic carbocycles. The average molecular weight is 152 g/mol. The van der Waals surface area contributed by atoms with Gasteiger partial charge in [-0.2, -0.15) is 0 Å². The topological polar surface area (TPSA) is 0 Å². The van der Waals surface area contributed by atoms with Crippen LogP contribution < -0.4 is 0 Å². The quantitative estimate of drug-likeness (QED) is 0.493. The normalized spacial score (nSPS) is 22.8. The van der Waals surface area contributed by atoms with Crippen LogP contribution in [0.25, 0.3) is 0 Å². The molecule has 0 radical (unpaired) electrons. The number of hydrogen-bond donors (Lipinski definition) is 0. The molecule has 1 aliphatic rings. The van der Waals surface area contributed by atoms with Gasteiger partial charge >= 0.3 is 0 Å². The molecule has 0 N–H and O–H groups in total. The molecule has 0 aromatic heterocycles. The van der Waals surface area contributed by atoms with Crippen molar-refractivity contribution in [3.8, 4) is 0 Å². The maximum atomic E-state index is 2.33. The first-order chi connectivity index (χ1) is 5.18. The monoisotopic (exact) mass is 152 g/mol. The molecule has 11 heavy (non-hydrogen) atoms. The molecule has 0 aromatic rings. The van der Waals surface area contributed by atoms with E-state index >= 15 is 0 Å². The highest BCUT2D eigenvalue weighted by Gasteiger charge is 2.04. The van der Waals surface area contributed by atoms with Crippen LogP contribution in [0.5, 0.6) is 0 Å². The molecular formula is C11H20. The van der Waals surface area contributed by atoms with Crippen molar-refractivity contribution >= 4 is 0 Å². The van der Waals surface area contributed by atoms with Crippen LogP contribution in [-0.2, 0) is 0 Å². The molecule has 1 unspecified atom stereocenters. The Balaban J connectivity index is 0.000000461. The molecule has 1 aliphatic carbocycles. The minimum atomic E-state index is 0.759.